The summed E-state index contributed by atoms with van der Waals surface area (Å²) in [5, 5.41) is 10.5. The van der Waals surface area contributed by atoms with E-state index in [0.29, 0.717) is 29.3 Å². The van der Waals surface area contributed by atoms with Gasteiger partial charge in [-0.3, -0.25) is 9.69 Å². The summed E-state index contributed by atoms with van der Waals surface area (Å²) in [6.07, 6.45) is 6.07. The Hall–Kier alpha value is -1.75. The van der Waals surface area contributed by atoms with Crippen LogP contribution in [0.25, 0.3) is 0 Å². The Bertz CT molecular complexity index is 746. The Labute approximate surface area is 165 Å². The Morgan fingerprint density at radius 3 is 2.48 bits per heavy atom. The van der Waals surface area contributed by atoms with Gasteiger partial charge in [0.05, 0.1) is 11.1 Å². The molecule has 3 rings (SSSR count). The maximum atomic E-state index is 12.6. The molecule has 0 aliphatic heterocycles. The number of ether oxygens (including phenoxy) is 1. The van der Waals surface area contributed by atoms with Gasteiger partial charge in [0.2, 0.25) is 5.91 Å². The van der Waals surface area contributed by atoms with Crippen LogP contribution in [-0.4, -0.2) is 28.6 Å². The maximum Gasteiger partial charge on any atom is 0.330 e. The average Bonchev–Trinajstić information content (AvgIpc) is 2.54. The van der Waals surface area contributed by atoms with E-state index in [4.69, 9.17) is 16.3 Å². The number of amides is 1. The summed E-state index contributed by atoms with van der Waals surface area (Å²) in [5.74, 6) is -0.380. The van der Waals surface area contributed by atoms with E-state index in [1.165, 1.54) is 11.8 Å². The molecule has 1 N–H and O–H groups in total. The number of carboxylic acid groups (broad SMARTS) is 1. The van der Waals surface area contributed by atoms with Crippen molar-refractivity contribution < 1.29 is 19.4 Å². The standard InChI is InChI=1S/C21H28ClNO4/c1-13-6-5-9-21(12-13,20(25)26)23(15(3)24)18-11-17(22)19(10-14(18)2)27-16-7-4-8-16/h10-11,13,16H,4-9,12H2,1-3H3,(H,25,26). The molecule has 1 aromatic carbocycles. The molecule has 2 aliphatic carbocycles. The second kappa shape index (κ2) is 7.70. The molecule has 1 aromatic rings. The van der Waals surface area contributed by atoms with Gasteiger partial charge in [-0.2, -0.15) is 0 Å². The highest BCUT2D eigenvalue weighted by atomic mass is 35.5. The number of carboxylic acids is 1. The molecule has 6 heteroatoms. The number of hydrogen-bond donors (Lipinski definition) is 1. The third-order valence-corrected chi connectivity index (χ3v) is 6.25. The lowest BCUT2D eigenvalue weighted by Gasteiger charge is -2.45. The summed E-state index contributed by atoms with van der Waals surface area (Å²) < 4.78 is 5.94. The highest BCUT2D eigenvalue weighted by Crippen LogP contribution is 2.43. The van der Waals surface area contributed by atoms with Crippen LogP contribution in [0, 0.1) is 12.8 Å². The molecule has 2 atom stereocenters. The van der Waals surface area contributed by atoms with Crippen LogP contribution in [0.15, 0.2) is 12.1 Å². The first-order chi connectivity index (χ1) is 12.7. The van der Waals surface area contributed by atoms with E-state index in [1.54, 1.807) is 6.07 Å². The summed E-state index contributed by atoms with van der Waals surface area (Å²) in [6.45, 7) is 5.34. The monoisotopic (exact) mass is 393 g/mol. The Morgan fingerprint density at radius 1 is 1.26 bits per heavy atom. The van der Waals surface area contributed by atoms with Crippen molar-refractivity contribution in [3.05, 3.63) is 22.7 Å². The molecule has 148 valence electrons. The van der Waals surface area contributed by atoms with Crippen molar-refractivity contribution in [1.82, 2.24) is 0 Å². The first kappa shape index (κ1) is 20.0. The lowest BCUT2D eigenvalue weighted by atomic mass is 9.74. The minimum absolute atomic E-state index is 0.196. The fourth-order valence-electron chi connectivity index (χ4n) is 4.36. The third kappa shape index (κ3) is 3.79. The normalized spacial score (nSPS) is 25.6. The predicted molar refractivity (Wildman–Crippen MR) is 106 cm³/mol. The molecule has 2 aliphatic rings. The van der Waals surface area contributed by atoms with E-state index < -0.39 is 11.5 Å². The van der Waals surface area contributed by atoms with Gasteiger partial charge in [0.15, 0.2) is 0 Å². The Kier molecular flexibility index (Phi) is 5.71. The minimum Gasteiger partial charge on any atom is -0.489 e. The molecule has 5 nitrogen and oxygen atoms in total. The number of anilines is 1. The summed E-state index contributed by atoms with van der Waals surface area (Å²) in [5.41, 5.74) is 0.126. The Balaban J connectivity index is 2.02. The van der Waals surface area contributed by atoms with Gasteiger partial charge in [-0.1, -0.05) is 31.4 Å². The summed E-state index contributed by atoms with van der Waals surface area (Å²) in [4.78, 5) is 26.4. The molecule has 27 heavy (non-hydrogen) atoms. The zero-order valence-corrected chi connectivity index (χ0v) is 17.0. The zero-order chi connectivity index (χ0) is 19.8. The van der Waals surface area contributed by atoms with E-state index >= 15 is 0 Å². The molecule has 0 heterocycles. The maximum absolute atomic E-state index is 12.6. The fraction of sp³-hybridized carbons (Fsp3) is 0.619. The largest absolute Gasteiger partial charge is 0.489 e. The molecule has 2 fully saturated rings. The summed E-state index contributed by atoms with van der Waals surface area (Å²) >= 11 is 6.46. The molecular formula is C21H28ClNO4. The summed E-state index contributed by atoms with van der Waals surface area (Å²) in [6, 6.07) is 3.52. The second-order valence-corrected chi connectivity index (χ2v) is 8.54. The predicted octanol–water partition coefficient (Wildman–Crippen LogP) is 4.97. The van der Waals surface area contributed by atoms with Crippen LogP contribution in [-0.2, 0) is 9.59 Å². The van der Waals surface area contributed by atoms with Crippen LogP contribution in [0.1, 0.15) is 64.4 Å². The van der Waals surface area contributed by atoms with Gasteiger partial charge >= 0.3 is 5.97 Å². The average molecular weight is 394 g/mol. The number of benzene rings is 1. The number of carbonyl (C=O) groups is 2. The lowest BCUT2D eigenvalue weighted by molar-refractivity contribution is -0.147. The molecule has 0 bridgehead atoms. The fourth-order valence-corrected chi connectivity index (χ4v) is 4.56. The molecule has 0 saturated heterocycles. The molecule has 0 spiro atoms. The number of halogens is 1. The minimum atomic E-state index is -1.23. The first-order valence-corrected chi connectivity index (χ1v) is 10.1. The van der Waals surface area contributed by atoms with E-state index in [-0.39, 0.29) is 17.9 Å². The van der Waals surface area contributed by atoms with Crippen molar-refractivity contribution in [3.63, 3.8) is 0 Å². The number of carbonyl (C=O) groups excluding carboxylic acids is 1. The molecule has 2 saturated carbocycles. The van der Waals surface area contributed by atoms with Crippen molar-refractivity contribution >= 4 is 29.2 Å². The van der Waals surface area contributed by atoms with Crippen LogP contribution in [0.2, 0.25) is 5.02 Å². The number of rotatable bonds is 5. The van der Waals surface area contributed by atoms with Gasteiger partial charge in [0.25, 0.3) is 0 Å². The van der Waals surface area contributed by atoms with E-state index in [9.17, 15) is 14.7 Å². The SMILES string of the molecule is CC(=O)N(c1cc(Cl)c(OC2CCC2)cc1C)C1(C(=O)O)CCCC(C)C1. The number of aliphatic carboxylic acids is 1. The molecule has 1 amide bonds. The van der Waals surface area contributed by atoms with Gasteiger partial charge < -0.3 is 9.84 Å². The second-order valence-electron chi connectivity index (χ2n) is 8.13. The van der Waals surface area contributed by atoms with Crippen LogP contribution < -0.4 is 9.64 Å². The van der Waals surface area contributed by atoms with Gasteiger partial charge in [-0.15, -0.1) is 0 Å². The number of aryl methyl sites for hydroxylation is 1. The van der Waals surface area contributed by atoms with Crippen molar-refractivity contribution in [3.8, 4) is 5.75 Å². The molecular weight excluding hydrogens is 366 g/mol. The molecule has 0 radical (unpaired) electrons. The summed E-state index contributed by atoms with van der Waals surface area (Å²) in [7, 11) is 0. The van der Waals surface area contributed by atoms with Gasteiger partial charge in [-0.05, 0) is 62.6 Å². The third-order valence-electron chi connectivity index (χ3n) is 5.95. The quantitative estimate of drug-likeness (QED) is 0.767. The highest BCUT2D eigenvalue weighted by Gasteiger charge is 2.49. The topological polar surface area (TPSA) is 66.8 Å². The lowest BCUT2D eigenvalue weighted by Crippen LogP contribution is -2.59. The number of hydrogen-bond acceptors (Lipinski definition) is 3. The first-order valence-electron chi connectivity index (χ1n) is 9.75. The molecule has 0 aromatic heterocycles. The van der Waals surface area contributed by atoms with Crippen LogP contribution in [0.4, 0.5) is 5.69 Å². The van der Waals surface area contributed by atoms with E-state index in [1.807, 2.05) is 19.9 Å². The van der Waals surface area contributed by atoms with Crippen molar-refractivity contribution in [2.45, 2.75) is 77.4 Å². The van der Waals surface area contributed by atoms with Crippen molar-refractivity contribution in [1.29, 1.82) is 0 Å². The van der Waals surface area contributed by atoms with Crippen LogP contribution >= 0.6 is 11.6 Å². The highest BCUT2D eigenvalue weighted by molar-refractivity contribution is 6.32. The zero-order valence-electron chi connectivity index (χ0n) is 16.3. The van der Waals surface area contributed by atoms with Crippen LogP contribution in [0.3, 0.4) is 0 Å². The smallest absolute Gasteiger partial charge is 0.330 e. The Morgan fingerprint density at radius 2 is 1.96 bits per heavy atom. The van der Waals surface area contributed by atoms with E-state index in [0.717, 1.165) is 37.7 Å². The van der Waals surface area contributed by atoms with Gasteiger partial charge in [0, 0.05) is 12.6 Å². The van der Waals surface area contributed by atoms with Crippen LogP contribution in [0.5, 0.6) is 5.75 Å². The van der Waals surface area contributed by atoms with Gasteiger partial charge in [0.1, 0.15) is 11.3 Å². The van der Waals surface area contributed by atoms with Gasteiger partial charge in [-0.25, -0.2) is 4.79 Å². The molecule has 2 unspecified atom stereocenters. The van der Waals surface area contributed by atoms with Crippen molar-refractivity contribution in [2.75, 3.05) is 4.90 Å². The van der Waals surface area contributed by atoms with E-state index in [2.05, 4.69) is 0 Å². The van der Waals surface area contributed by atoms with Crippen molar-refractivity contribution in [2.24, 2.45) is 5.92 Å². The number of nitrogens with zero attached hydrogens (tertiary/aromatic N) is 1.